The Morgan fingerprint density at radius 1 is 0.893 bits per heavy atom. The number of esters is 1. The first-order valence-electron chi connectivity index (χ1n) is 9.55. The standard InChI is InChI=1S/C23H30N2O3/c1-18(23(27)28-4)17-25(16-15-24(2)3)22(26)21(19-11-7-5-8-12-19)20-13-9-6-10-14-20/h5-14,18,21H,15-17H2,1-4H3. The fourth-order valence-electron chi connectivity index (χ4n) is 3.17. The molecule has 0 saturated heterocycles. The quantitative estimate of drug-likeness (QED) is 0.626. The number of nitrogens with zero attached hydrogens (tertiary/aromatic N) is 2. The summed E-state index contributed by atoms with van der Waals surface area (Å²) in [6, 6.07) is 19.6. The first kappa shape index (κ1) is 21.6. The summed E-state index contributed by atoms with van der Waals surface area (Å²) in [7, 11) is 5.32. The summed E-state index contributed by atoms with van der Waals surface area (Å²) >= 11 is 0. The lowest BCUT2D eigenvalue weighted by Gasteiger charge is -2.30. The molecule has 0 aromatic heterocycles. The maximum Gasteiger partial charge on any atom is 0.310 e. The molecule has 5 heteroatoms. The SMILES string of the molecule is COC(=O)C(C)CN(CCN(C)C)C(=O)C(c1ccccc1)c1ccccc1. The van der Waals surface area contributed by atoms with Gasteiger partial charge >= 0.3 is 5.97 Å². The zero-order valence-corrected chi connectivity index (χ0v) is 17.2. The van der Waals surface area contributed by atoms with Gasteiger partial charge in [0.25, 0.3) is 0 Å². The molecule has 0 N–H and O–H groups in total. The third-order valence-electron chi connectivity index (χ3n) is 4.74. The van der Waals surface area contributed by atoms with Crippen molar-refractivity contribution < 1.29 is 14.3 Å². The highest BCUT2D eigenvalue weighted by Gasteiger charge is 2.29. The maximum absolute atomic E-state index is 13.7. The summed E-state index contributed by atoms with van der Waals surface area (Å²) in [4.78, 5) is 29.4. The molecule has 2 aromatic carbocycles. The van der Waals surface area contributed by atoms with Crippen molar-refractivity contribution in [3.05, 3.63) is 71.8 Å². The van der Waals surface area contributed by atoms with E-state index in [0.717, 1.165) is 17.7 Å². The monoisotopic (exact) mass is 382 g/mol. The molecule has 0 heterocycles. The minimum absolute atomic E-state index is 0.00463. The summed E-state index contributed by atoms with van der Waals surface area (Å²) in [5.74, 6) is -1.11. The molecule has 0 radical (unpaired) electrons. The van der Waals surface area contributed by atoms with Crippen LogP contribution in [0.15, 0.2) is 60.7 Å². The largest absolute Gasteiger partial charge is 0.469 e. The fraction of sp³-hybridized carbons (Fsp3) is 0.391. The summed E-state index contributed by atoms with van der Waals surface area (Å²) < 4.78 is 4.86. The Kier molecular flexibility index (Phi) is 8.20. The van der Waals surface area contributed by atoms with Crippen LogP contribution in [0, 0.1) is 5.92 Å². The van der Waals surface area contributed by atoms with E-state index in [1.165, 1.54) is 7.11 Å². The highest BCUT2D eigenvalue weighted by Crippen LogP contribution is 2.27. The van der Waals surface area contributed by atoms with Crippen molar-refractivity contribution >= 4 is 11.9 Å². The number of amides is 1. The average Bonchev–Trinajstić information content (AvgIpc) is 2.71. The molecule has 0 aliphatic heterocycles. The van der Waals surface area contributed by atoms with Gasteiger partial charge in [-0.1, -0.05) is 67.6 Å². The summed E-state index contributed by atoms with van der Waals surface area (Å²) in [5.41, 5.74) is 1.89. The van der Waals surface area contributed by atoms with E-state index in [1.54, 1.807) is 11.8 Å². The van der Waals surface area contributed by atoms with Crippen molar-refractivity contribution in [2.75, 3.05) is 40.8 Å². The van der Waals surface area contributed by atoms with Crippen LogP contribution in [0.5, 0.6) is 0 Å². The number of hydrogen-bond acceptors (Lipinski definition) is 4. The van der Waals surface area contributed by atoms with Crippen LogP contribution in [0.3, 0.4) is 0 Å². The molecule has 150 valence electrons. The Labute approximate surface area is 167 Å². The fourth-order valence-corrected chi connectivity index (χ4v) is 3.17. The van der Waals surface area contributed by atoms with E-state index in [9.17, 15) is 9.59 Å². The lowest BCUT2D eigenvalue weighted by molar-refractivity contribution is -0.146. The molecule has 28 heavy (non-hydrogen) atoms. The van der Waals surface area contributed by atoms with E-state index < -0.39 is 5.92 Å². The smallest absolute Gasteiger partial charge is 0.310 e. The van der Waals surface area contributed by atoms with Gasteiger partial charge in [0.1, 0.15) is 0 Å². The molecule has 0 spiro atoms. The molecule has 1 amide bonds. The Bertz CT molecular complexity index is 707. The van der Waals surface area contributed by atoms with E-state index in [1.807, 2.05) is 79.7 Å². The van der Waals surface area contributed by atoms with Gasteiger partial charge in [-0.05, 0) is 25.2 Å². The molecule has 5 nitrogen and oxygen atoms in total. The third kappa shape index (κ3) is 5.92. The summed E-state index contributed by atoms with van der Waals surface area (Å²) in [6.07, 6.45) is 0. The molecule has 0 saturated carbocycles. The number of methoxy groups -OCH3 is 1. The number of carbonyl (C=O) groups excluding carboxylic acids is 2. The molecule has 0 bridgehead atoms. The van der Waals surface area contributed by atoms with Crippen LogP contribution in [0.2, 0.25) is 0 Å². The van der Waals surface area contributed by atoms with E-state index in [4.69, 9.17) is 4.74 Å². The van der Waals surface area contributed by atoms with Crippen LogP contribution in [0.25, 0.3) is 0 Å². The highest BCUT2D eigenvalue weighted by atomic mass is 16.5. The van der Waals surface area contributed by atoms with Crippen LogP contribution >= 0.6 is 0 Å². The second-order valence-electron chi connectivity index (χ2n) is 7.27. The molecular weight excluding hydrogens is 352 g/mol. The van der Waals surface area contributed by atoms with Gasteiger partial charge in [-0.3, -0.25) is 9.59 Å². The zero-order valence-electron chi connectivity index (χ0n) is 17.2. The van der Waals surface area contributed by atoms with E-state index in [0.29, 0.717) is 13.1 Å². The number of benzene rings is 2. The van der Waals surface area contributed by atoms with E-state index in [-0.39, 0.29) is 17.8 Å². The van der Waals surface area contributed by atoms with E-state index in [2.05, 4.69) is 0 Å². The van der Waals surface area contributed by atoms with Gasteiger partial charge in [0.2, 0.25) is 5.91 Å². The van der Waals surface area contributed by atoms with Gasteiger partial charge < -0.3 is 14.5 Å². The Hall–Kier alpha value is -2.66. The number of hydrogen-bond donors (Lipinski definition) is 0. The molecule has 0 aliphatic rings. The van der Waals surface area contributed by atoms with Crippen LogP contribution < -0.4 is 0 Å². The second-order valence-corrected chi connectivity index (χ2v) is 7.27. The van der Waals surface area contributed by atoms with Gasteiger partial charge in [-0.25, -0.2) is 0 Å². The van der Waals surface area contributed by atoms with Crippen molar-refractivity contribution in [2.45, 2.75) is 12.8 Å². The van der Waals surface area contributed by atoms with Crippen molar-refractivity contribution in [3.8, 4) is 0 Å². The first-order chi connectivity index (χ1) is 13.4. The second kappa shape index (κ2) is 10.6. The predicted octanol–water partition coefficient (Wildman–Crippen LogP) is 3.02. The minimum atomic E-state index is -0.408. The summed E-state index contributed by atoms with van der Waals surface area (Å²) in [6.45, 7) is 3.39. The van der Waals surface area contributed by atoms with Gasteiger partial charge in [-0.2, -0.15) is 0 Å². The van der Waals surface area contributed by atoms with Gasteiger partial charge in [0.15, 0.2) is 0 Å². The highest BCUT2D eigenvalue weighted by molar-refractivity contribution is 5.87. The minimum Gasteiger partial charge on any atom is -0.469 e. The number of ether oxygens (including phenoxy) is 1. The lowest BCUT2D eigenvalue weighted by Crippen LogP contribution is -2.43. The van der Waals surface area contributed by atoms with Crippen LogP contribution in [0.4, 0.5) is 0 Å². The third-order valence-corrected chi connectivity index (χ3v) is 4.74. The zero-order chi connectivity index (χ0) is 20.5. The van der Waals surface area contributed by atoms with Crippen LogP contribution in [-0.4, -0.2) is 62.5 Å². The van der Waals surface area contributed by atoms with Gasteiger partial charge in [-0.15, -0.1) is 0 Å². The number of likely N-dealkylation sites (N-methyl/N-ethyl adjacent to an activating group) is 1. The Morgan fingerprint density at radius 3 is 1.82 bits per heavy atom. The van der Waals surface area contributed by atoms with Gasteiger partial charge in [0.05, 0.1) is 18.9 Å². The first-order valence-corrected chi connectivity index (χ1v) is 9.55. The Morgan fingerprint density at radius 2 is 1.39 bits per heavy atom. The van der Waals surface area contributed by atoms with Crippen LogP contribution in [-0.2, 0) is 14.3 Å². The molecule has 1 atom stereocenters. The maximum atomic E-state index is 13.7. The molecular formula is C23H30N2O3. The van der Waals surface area contributed by atoms with Crippen LogP contribution in [0.1, 0.15) is 24.0 Å². The van der Waals surface area contributed by atoms with Crippen molar-refractivity contribution in [2.24, 2.45) is 5.92 Å². The predicted molar refractivity (Wildman–Crippen MR) is 111 cm³/mol. The Balaban J connectivity index is 2.36. The van der Waals surface area contributed by atoms with Crippen molar-refractivity contribution in [3.63, 3.8) is 0 Å². The molecule has 0 fully saturated rings. The topological polar surface area (TPSA) is 49.9 Å². The van der Waals surface area contributed by atoms with E-state index >= 15 is 0 Å². The molecule has 0 aliphatic carbocycles. The van der Waals surface area contributed by atoms with Gasteiger partial charge in [0, 0.05) is 19.6 Å². The summed E-state index contributed by atoms with van der Waals surface area (Å²) in [5, 5.41) is 0. The van der Waals surface area contributed by atoms with Crippen molar-refractivity contribution in [1.82, 2.24) is 9.80 Å². The lowest BCUT2D eigenvalue weighted by atomic mass is 9.89. The average molecular weight is 383 g/mol. The molecule has 2 aromatic rings. The number of carbonyl (C=O) groups is 2. The molecule has 2 rings (SSSR count). The number of rotatable bonds is 9. The normalized spacial score (nSPS) is 12.1. The molecule has 1 unspecified atom stereocenters. The van der Waals surface area contributed by atoms with Crippen molar-refractivity contribution in [1.29, 1.82) is 0 Å².